The Balaban J connectivity index is 2.01. The number of ether oxygens (including phenoxy) is 1. The third kappa shape index (κ3) is 1.66. The van der Waals surface area contributed by atoms with E-state index in [0.717, 1.165) is 31.0 Å². The Hall–Kier alpha value is -1.20. The van der Waals surface area contributed by atoms with Crippen LogP contribution >= 0.6 is 11.3 Å². The van der Waals surface area contributed by atoms with Crippen LogP contribution in [0.5, 0.6) is 0 Å². The van der Waals surface area contributed by atoms with E-state index in [-0.39, 0.29) is 6.10 Å². The first-order valence-electron chi connectivity index (χ1n) is 5.39. The molecule has 0 spiro atoms. The van der Waals surface area contributed by atoms with Gasteiger partial charge in [-0.3, -0.25) is 0 Å². The first-order valence-corrected chi connectivity index (χ1v) is 6.27. The molecule has 1 aliphatic rings. The molecule has 3 rings (SSSR count). The second-order valence-corrected chi connectivity index (χ2v) is 4.88. The normalized spacial score (nSPS) is 21.6. The predicted molar refractivity (Wildman–Crippen MR) is 65.0 cm³/mol. The minimum absolute atomic E-state index is 0.277. The molecule has 84 valence electrons. The van der Waals surface area contributed by atoms with Gasteiger partial charge in [-0.2, -0.15) is 0 Å². The molecule has 0 bridgehead atoms. The SMILES string of the molecule is C[C@H]1CN(c2ncnc3ccsc23)CCO1. The summed E-state index contributed by atoms with van der Waals surface area (Å²) >= 11 is 1.70. The van der Waals surface area contributed by atoms with Gasteiger partial charge in [0.2, 0.25) is 0 Å². The molecule has 3 heterocycles. The first kappa shape index (κ1) is 9.99. The van der Waals surface area contributed by atoms with Gasteiger partial charge in [-0.15, -0.1) is 11.3 Å². The van der Waals surface area contributed by atoms with E-state index in [0.29, 0.717) is 0 Å². The number of hydrogen-bond acceptors (Lipinski definition) is 5. The van der Waals surface area contributed by atoms with Crippen molar-refractivity contribution in [3.8, 4) is 0 Å². The van der Waals surface area contributed by atoms with Gasteiger partial charge in [-0.1, -0.05) is 0 Å². The van der Waals surface area contributed by atoms with Crippen molar-refractivity contribution in [2.75, 3.05) is 24.6 Å². The number of thiophene rings is 1. The van der Waals surface area contributed by atoms with Crippen LogP contribution in [-0.4, -0.2) is 35.8 Å². The van der Waals surface area contributed by atoms with Crippen molar-refractivity contribution in [3.05, 3.63) is 17.8 Å². The van der Waals surface area contributed by atoms with Gasteiger partial charge in [0.25, 0.3) is 0 Å². The van der Waals surface area contributed by atoms with E-state index < -0.39 is 0 Å². The summed E-state index contributed by atoms with van der Waals surface area (Å²) in [6.07, 6.45) is 1.92. The molecule has 0 aliphatic carbocycles. The molecule has 1 fully saturated rings. The standard InChI is InChI=1S/C11H13N3OS/c1-8-6-14(3-4-15-8)11-10-9(2-5-16-10)12-7-13-11/h2,5,7-8H,3-4,6H2,1H3/t8-/m0/s1. The zero-order chi connectivity index (χ0) is 11.0. The van der Waals surface area contributed by atoms with Gasteiger partial charge in [0, 0.05) is 13.1 Å². The highest BCUT2D eigenvalue weighted by Gasteiger charge is 2.20. The van der Waals surface area contributed by atoms with Crippen molar-refractivity contribution in [1.82, 2.24) is 9.97 Å². The van der Waals surface area contributed by atoms with E-state index in [4.69, 9.17) is 4.74 Å². The number of morpholine rings is 1. The highest BCUT2D eigenvalue weighted by Crippen LogP contribution is 2.28. The van der Waals surface area contributed by atoms with E-state index >= 15 is 0 Å². The lowest BCUT2D eigenvalue weighted by molar-refractivity contribution is 0.0530. The van der Waals surface area contributed by atoms with Gasteiger partial charge in [-0.05, 0) is 18.4 Å². The summed E-state index contributed by atoms with van der Waals surface area (Å²) in [6.45, 7) is 4.69. The van der Waals surface area contributed by atoms with Gasteiger partial charge < -0.3 is 9.64 Å². The van der Waals surface area contributed by atoms with Crippen molar-refractivity contribution >= 4 is 27.4 Å². The average molecular weight is 235 g/mol. The molecule has 1 saturated heterocycles. The largest absolute Gasteiger partial charge is 0.375 e. The Morgan fingerprint density at radius 3 is 3.31 bits per heavy atom. The molecule has 2 aromatic heterocycles. The summed E-state index contributed by atoms with van der Waals surface area (Å²) in [5.41, 5.74) is 1.04. The highest BCUT2D eigenvalue weighted by molar-refractivity contribution is 7.17. The van der Waals surface area contributed by atoms with Crippen molar-refractivity contribution in [2.24, 2.45) is 0 Å². The van der Waals surface area contributed by atoms with Crippen molar-refractivity contribution < 1.29 is 4.74 Å². The van der Waals surface area contributed by atoms with Crippen LogP contribution in [0.2, 0.25) is 0 Å². The van der Waals surface area contributed by atoms with Crippen LogP contribution in [0.25, 0.3) is 10.2 Å². The summed E-state index contributed by atoms with van der Waals surface area (Å²) in [5.74, 6) is 1.05. The Labute approximate surface area is 97.9 Å². The molecule has 1 aliphatic heterocycles. The molecular weight excluding hydrogens is 222 g/mol. The third-order valence-corrected chi connectivity index (χ3v) is 3.66. The summed E-state index contributed by atoms with van der Waals surface area (Å²) in [4.78, 5) is 11.0. The zero-order valence-corrected chi connectivity index (χ0v) is 9.91. The molecule has 16 heavy (non-hydrogen) atoms. The summed E-state index contributed by atoms with van der Waals surface area (Å²) in [6, 6.07) is 2.04. The Kier molecular flexibility index (Phi) is 2.49. The molecule has 2 aromatic rings. The summed E-state index contributed by atoms with van der Waals surface area (Å²) in [7, 11) is 0. The van der Waals surface area contributed by atoms with Crippen LogP contribution in [0.1, 0.15) is 6.92 Å². The fourth-order valence-electron chi connectivity index (χ4n) is 2.01. The first-order chi connectivity index (χ1) is 7.84. The quantitative estimate of drug-likeness (QED) is 0.757. The Morgan fingerprint density at radius 1 is 1.50 bits per heavy atom. The fourth-order valence-corrected chi connectivity index (χ4v) is 2.87. The Morgan fingerprint density at radius 2 is 2.44 bits per heavy atom. The monoisotopic (exact) mass is 235 g/mol. The van der Waals surface area contributed by atoms with Gasteiger partial charge >= 0.3 is 0 Å². The van der Waals surface area contributed by atoms with Gasteiger partial charge in [0.1, 0.15) is 12.1 Å². The van der Waals surface area contributed by atoms with E-state index in [9.17, 15) is 0 Å². The molecule has 0 N–H and O–H groups in total. The molecule has 0 saturated carbocycles. The van der Waals surface area contributed by atoms with Crippen LogP contribution in [0.15, 0.2) is 17.8 Å². The van der Waals surface area contributed by atoms with Crippen molar-refractivity contribution in [2.45, 2.75) is 13.0 Å². The van der Waals surface area contributed by atoms with Gasteiger partial charge in [-0.25, -0.2) is 9.97 Å². The number of aromatic nitrogens is 2. The van der Waals surface area contributed by atoms with Crippen LogP contribution in [0, 0.1) is 0 Å². The van der Waals surface area contributed by atoms with Crippen LogP contribution in [-0.2, 0) is 4.74 Å². The topological polar surface area (TPSA) is 38.2 Å². The molecule has 0 unspecified atom stereocenters. The molecular formula is C11H13N3OS. The van der Waals surface area contributed by atoms with Crippen LogP contribution in [0.4, 0.5) is 5.82 Å². The molecule has 4 nitrogen and oxygen atoms in total. The fraction of sp³-hybridized carbons (Fsp3) is 0.455. The summed E-state index contributed by atoms with van der Waals surface area (Å²) in [5, 5.41) is 2.06. The lowest BCUT2D eigenvalue weighted by Gasteiger charge is -2.32. The average Bonchev–Trinajstić information content (AvgIpc) is 2.76. The minimum atomic E-state index is 0.277. The number of hydrogen-bond donors (Lipinski definition) is 0. The lowest BCUT2D eigenvalue weighted by Crippen LogP contribution is -2.41. The third-order valence-electron chi connectivity index (χ3n) is 2.76. The highest BCUT2D eigenvalue weighted by atomic mass is 32.1. The maximum absolute atomic E-state index is 5.54. The smallest absolute Gasteiger partial charge is 0.150 e. The maximum atomic E-state index is 5.54. The van der Waals surface area contributed by atoms with E-state index in [1.165, 1.54) is 4.70 Å². The van der Waals surface area contributed by atoms with E-state index in [1.807, 2.05) is 6.07 Å². The number of fused-ring (bicyclic) bond motifs is 1. The van der Waals surface area contributed by atoms with E-state index in [1.54, 1.807) is 17.7 Å². The number of nitrogens with zero attached hydrogens (tertiary/aromatic N) is 3. The van der Waals surface area contributed by atoms with Gasteiger partial charge in [0.15, 0.2) is 0 Å². The molecule has 0 aromatic carbocycles. The molecule has 0 amide bonds. The Bertz CT molecular complexity index is 499. The van der Waals surface area contributed by atoms with Gasteiger partial charge in [0.05, 0.1) is 22.9 Å². The second kappa shape index (κ2) is 3.99. The number of rotatable bonds is 1. The molecule has 1 atom stereocenters. The minimum Gasteiger partial charge on any atom is -0.375 e. The van der Waals surface area contributed by atoms with E-state index in [2.05, 4.69) is 27.2 Å². The van der Waals surface area contributed by atoms with Crippen molar-refractivity contribution in [3.63, 3.8) is 0 Å². The predicted octanol–water partition coefficient (Wildman–Crippen LogP) is 1.92. The second-order valence-electron chi connectivity index (χ2n) is 3.96. The maximum Gasteiger partial charge on any atom is 0.150 e. The van der Waals surface area contributed by atoms with Crippen molar-refractivity contribution in [1.29, 1.82) is 0 Å². The summed E-state index contributed by atoms with van der Waals surface area (Å²) < 4.78 is 6.72. The molecule has 0 radical (unpaired) electrons. The lowest BCUT2D eigenvalue weighted by atomic mass is 10.3. The molecule has 5 heteroatoms. The zero-order valence-electron chi connectivity index (χ0n) is 9.09. The van der Waals surface area contributed by atoms with Crippen LogP contribution < -0.4 is 4.90 Å². The number of anilines is 1. The van der Waals surface area contributed by atoms with Crippen LogP contribution in [0.3, 0.4) is 0 Å².